The zero-order valence-corrected chi connectivity index (χ0v) is 13.9. The number of benzene rings is 2. The van der Waals surface area contributed by atoms with E-state index in [1.165, 1.54) is 0 Å². The maximum atomic E-state index is 4.48. The van der Waals surface area contributed by atoms with Crippen LogP contribution in [-0.2, 0) is 0 Å². The van der Waals surface area contributed by atoms with Gasteiger partial charge >= 0.3 is 0 Å². The maximum absolute atomic E-state index is 4.48. The molecular formula is C18H18N4S. The molecule has 0 fully saturated rings. The fraction of sp³-hybridized carbons (Fsp3) is 0.111. The molecule has 5 heteroatoms. The molecule has 0 unspecified atom stereocenters. The van der Waals surface area contributed by atoms with Crippen LogP contribution in [0.4, 0.5) is 16.5 Å². The number of para-hydroxylation sites is 1. The van der Waals surface area contributed by atoms with Crippen LogP contribution in [0.1, 0.15) is 5.56 Å². The third-order valence-corrected chi connectivity index (χ3v) is 4.37. The van der Waals surface area contributed by atoms with Gasteiger partial charge in [0.25, 0.3) is 0 Å². The van der Waals surface area contributed by atoms with Gasteiger partial charge in [-0.2, -0.15) is 0 Å². The molecule has 0 bridgehead atoms. The Morgan fingerprint density at radius 2 is 1.87 bits per heavy atom. The largest absolute Gasteiger partial charge is 0.386 e. The molecule has 4 nitrogen and oxygen atoms in total. The predicted molar refractivity (Wildman–Crippen MR) is 102 cm³/mol. The quantitative estimate of drug-likeness (QED) is 0.664. The van der Waals surface area contributed by atoms with Crippen molar-refractivity contribution < 1.29 is 0 Å². The van der Waals surface area contributed by atoms with Crippen LogP contribution in [0.2, 0.25) is 0 Å². The molecule has 0 saturated carbocycles. The molecule has 2 N–H and O–H groups in total. The third-order valence-electron chi connectivity index (χ3n) is 3.42. The van der Waals surface area contributed by atoms with Crippen molar-refractivity contribution in [3.8, 4) is 0 Å². The summed E-state index contributed by atoms with van der Waals surface area (Å²) in [7, 11) is 3.83. The van der Waals surface area contributed by atoms with E-state index in [0.29, 0.717) is 0 Å². The van der Waals surface area contributed by atoms with E-state index in [9.17, 15) is 0 Å². The first kappa shape index (κ1) is 15.2. The number of hydrogen-bond donors (Lipinski definition) is 2. The molecule has 116 valence electrons. The molecule has 1 aromatic heterocycles. The topological polar surface area (TPSA) is 49.3 Å². The fourth-order valence-corrected chi connectivity index (χ4v) is 3.09. The highest BCUT2D eigenvalue weighted by Crippen LogP contribution is 2.27. The van der Waals surface area contributed by atoms with Crippen molar-refractivity contribution in [1.29, 1.82) is 0 Å². The van der Waals surface area contributed by atoms with Crippen molar-refractivity contribution in [3.63, 3.8) is 0 Å². The highest BCUT2D eigenvalue weighted by Gasteiger charge is 2.00. The lowest BCUT2D eigenvalue weighted by Crippen LogP contribution is -1.96. The lowest BCUT2D eigenvalue weighted by atomic mass is 10.1. The van der Waals surface area contributed by atoms with Crippen LogP contribution in [-0.4, -0.2) is 25.3 Å². The molecule has 1 heterocycles. The molecular weight excluding hydrogens is 304 g/mol. The van der Waals surface area contributed by atoms with Gasteiger partial charge in [-0.05, 0) is 35.9 Å². The van der Waals surface area contributed by atoms with E-state index in [-0.39, 0.29) is 0 Å². The minimum atomic E-state index is 0.775. The molecule has 0 saturated heterocycles. The summed E-state index contributed by atoms with van der Waals surface area (Å²) in [4.78, 5) is 8.88. The predicted octanol–water partition coefficient (Wildman–Crippen LogP) is 4.80. The van der Waals surface area contributed by atoms with Crippen molar-refractivity contribution in [2.24, 2.45) is 4.99 Å². The molecule has 23 heavy (non-hydrogen) atoms. The number of nitrogens with one attached hydrogen (secondary N) is 2. The molecule has 0 aliphatic rings. The van der Waals surface area contributed by atoms with E-state index in [1.54, 1.807) is 17.6 Å². The van der Waals surface area contributed by atoms with Gasteiger partial charge in [-0.1, -0.05) is 35.6 Å². The smallest absolute Gasteiger partial charge is 0.210 e. The van der Waals surface area contributed by atoms with Crippen LogP contribution in [0, 0.1) is 0 Å². The third kappa shape index (κ3) is 3.57. The Morgan fingerprint density at radius 1 is 1.04 bits per heavy atom. The molecule has 3 aromatic rings. The van der Waals surface area contributed by atoms with Crippen LogP contribution in [0.5, 0.6) is 0 Å². The highest BCUT2D eigenvalue weighted by molar-refractivity contribution is 7.22. The molecule has 2 aromatic carbocycles. The molecule has 0 radical (unpaired) electrons. The van der Waals surface area contributed by atoms with Gasteiger partial charge in [0.2, 0.25) is 5.13 Å². The van der Waals surface area contributed by atoms with Crippen LogP contribution in [0.15, 0.2) is 53.5 Å². The van der Waals surface area contributed by atoms with E-state index in [0.717, 1.165) is 32.3 Å². The number of hydrogen-bond acceptors (Lipinski definition) is 5. The average Bonchev–Trinajstić information content (AvgIpc) is 3.01. The summed E-state index contributed by atoms with van der Waals surface area (Å²) in [5.74, 6) is 0. The number of anilines is 2. The number of rotatable bonds is 5. The Hall–Kier alpha value is -2.66. The van der Waals surface area contributed by atoms with Gasteiger partial charge in [-0.3, -0.25) is 0 Å². The molecule has 3 rings (SSSR count). The Kier molecular flexibility index (Phi) is 4.68. The van der Waals surface area contributed by atoms with Gasteiger partial charge in [-0.15, -0.1) is 0 Å². The van der Waals surface area contributed by atoms with E-state index in [2.05, 4.69) is 44.9 Å². The Morgan fingerprint density at radius 3 is 2.65 bits per heavy atom. The van der Waals surface area contributed by atoms with Crippen LogP contribution >= 0.6 is 11.3 Å². The Labute approximate surface area is 139 Å². The minimum Gasteiger partial charge on any atom is -0.386 e. The fourth-order valence-electron chi connectivity index (χ4n) is 2.27. The standard InChI is InChI=1S/C18H18N4S/c1-19-14-10-9-13(12-16(14)20-2)6-5-11-21-18-22-15-7-3-4-8-17(15)23-18/h3-12,19-20H,1-2H3. The summed E-state index contributed by atoms with van der Waals surface area (Å²) < 4.78 is 1.16. The van der Waals surface area contributed by atoms with E-state index < -0.39 is 0 Å². The average molecular weight is 322 g/mol. The zero-order valence-electron chi connectivity index (χ0n) is 13.1. The van der Waals surface area contributed by atoms with E-state index >= 15 is 0 Å². The number of nitrogens with zero attached hydrogens (tertiary/aromatic N) is 2. The summed E-state index contributed by atoms with van der Waals surface area (Å²) in [5, 5.41) is 7.11. The second-order valence-electron chi connectivity index (χ2n) is 4.91. The van der Waals surface area contributed by atoms with Gasteiger partial charge in [0.1, 0.15) is 0 Å². The van der Waals surface area contributed by atoms with Crippen molar-refractivity contribution in [3.05, 3.63) is 54.1 Å². The van der Waals surface area contributed by atoms with Crippen molar-refractivity contribution >= 4 is 50.4 Å². The lowest BCUT2D eigenvalue weighted by Gasteiger charge is -2.08. The summed E-state index contributed by atoms with van der Waals surface area (Å²) in [6.07, 6.45) is 5.74. The number of fused-ring (bicyclic) bond motifs is 1. The van der Waals surface area contributed by atoms with Crippen molar-refractivity contribution in [2.75, 3.05) is 24.7 Å². The molecule has 0 atom stereocenters. The maximum Gasteiger partial charge on any atom is 0.210 e. The van der Waals surface area contributed by atoms with Gasteiger partial charge in [-0.25, -0.2) is 9.98 Å². The van der Waals surface area contributed by atoms with Crippen LogP contribution < -0.4 is 10.6 Å². The minimum absolute atomic E-state index is 0.775. The summed E-state index contributed by atoms with van der Waals surface area (Å²) in [5.41, 5.74) is 4.25. The normalized spacial score (nSPS) is 11.6. The molecule has 0 spiro atoms. The second kappa shape index (κ2) is 7.07. The van der Waals surface area contributed by atoms with Gasteiger partial charge in [0.15, 0.2) is 0 Å². The monoisotopic (exact) mass is 322 g/mol. The Bertz CT molecular complexity index is 831. The number of thiazole rings is 1. The second-order valence-corrected chi connectivity index (χ2v) is 5.92. The number of aromatic nitrogens is 1. The highest BCUT2D eigenvalue weighted by atomic mass is 32.1. The molecule has 0 amide bonds. The SMILES string of the molecule is CNc1ccc(C=CC=Nc2nc3ccccc3s2)cc1NC. The summed E-state index contributed by atoms with van der Waals surface area (Å²) in [6, 6.07) is 14.3. The number of allylic oxidation sites excluding steroid dienone is 1. The van der Waals surface area contributed by atoms with E-state index in [1.807, 2.05) is 44.4 Å². The first-order valence-electron chi connectivity index (χ1n) is 7.36. The summed E-state index contributed by atoms with van der Waals surface area (Å²) in [6.45, 7) is 0. The summed E-state index contributed by atoms with van der Waals surface area (Å²) >= 11 is 1.59. The van der Waals surface area contributed by atoms with Gasteiger partial charge in [0.05, 0.1) is 21.6 Å². The Balaban J connectivity index is 1.73. The molecule has 0 aliphatic heterocycles. The van der Waals surface area contributed by atoms with Crippen molar-refractivity contribution in [1.82, 2.24) is 4.98 Å². The van der Waals surface area contributed by atoms with Gasteiger partial charge in [0, 0.05) is 20.3 Å². The van der Waals surface area contributed by atoms with Crippen LogP contribution in [0.25, 0.3) is 16.3 Å². The van der Waals surface area contributed by atoms with Gasteiger partial charge < -0.3 is 10.6 Å². The lowest BCUT2D eigenvalue weighted by molar-refractivity contribution is 1.42. The first-order valence-corrected chi connectivity index (χ1v) is 8.17. The van der Waals surface area contributed by atoms with E-state index in [4.69, 9.17) is 0 Å². The van der Waals surface area contributed by atoms with Crippen LogP contribution in [0.3, 0.4) is 0 Å². The van der Waals surface area contributed by atoms with Crippen molar-refractivity contribution in [2.45, 2.75) is 0 Å². The number of aliphatic imine (C=N–C) groups is 1. The molecule has 0 aliphatic carbocycles. The zero-order chi connectivity index (χ0) is 16.1. The first-order chi connectivity index (χ1) is 11.3.